The second-order valence-corrected chi connectivity index (χ2v) is 5.91. The van der Waals surface area contributed by atoms with Gasteiger partial charge in [0.2, 0.25) is 5.95 Å². The molecule has 3 rings (SSSR count). The third-order valence-corrected chi connectivity index (χ3v) is 4.04. The molecule has 0 bridgehead atoms. The molecule has 0 spiro atoms. The summed E-state index contributed by atoms with van der Waals surface area (Å²) in [5.41, 5.74) is 2.48. The molecule has 1 aliphatic rings. The molecule has 2 heterocycles. The van der Waals surface area contributed by atoms with Gasteiger partial charge in [-0.15, -0.1) is 0 Å². The summed E-state index contributed by atoms with van der Waals surface area (Å²) in [6.45, 7) is 4.12. The lowest BCUT2D eigenvalue weighted by Gasteiger charge is -2.22. The van der Waals surface area contributed by atoms with Gasteiger partial charge in [0.25, 0.3) is 0 Å². The summed E-state index contributed by atoms with van der Waals surface area (Å²) in [6.07, 6.45) is 5.05. The zero-order valence-corrected chi connectivity index (χ0v) is 13.4. The molecule has 5 nitrogen and oxygen atoms in total. The molecule has 0 saturated carbocycles. The van der Waals surface area contributed by atoms with Crippen LogP contribution in [0.25, 0.3) is 0 Å². The number of anilines is 3. The number of nitrogens with zero attached hydrogens (tertiary/aromatic N) is 4. The zero-order valence-electron chi connectivity index (χ0n) is 13.4. The third-order valence-electron chi connectivity index (χ3n) is 4.04. The molecule has 0 amide bonds. The molecule has 118 valence electrons. The molecular formula is C18H21N5. The van der Waals surface area contributed by atoms with Crippen molar-refractivity contribution in [1.29, 1.82) is 5.26 Å². The van der Waals surface area contributed by atoms with Gasteiger partial charge in [-0.05, 0) is 44.0 Å². The van der Waals surface area contributed by atoms with Crippen molar-refractivity contribution in [2.75, 3.05) is 23.3 Å². The van der Waals surface area contributed by atoms with E-state index in [4.69, 9.17) is 5.26 Å². The van der Waals surface area contributed by atoms with Gasteiger partial charge in [-0.25, -0.2) is 4.98 Å². The van der Waals surface area contributed by atoms with Gasteiger partial charge in [0.1, 0.15) is 5.82 Å². The first-order valence-corrected chi connectivity index (χ1v) is 8.12. The molecule has 0 atom stereocenters. The quantitative estimate of drug-likeness (QED) is 0.934. The van der Waals surface area contributed by atoms with Crippen LogP contribution in [-0.2, 0) is 0 Å². The van der Waals surface area contributed by atoms with Crippen LogP contribution in [0.5, 0.6) is 0 Å². The van der Waals surface area contributed by atoms with E-state index < -0.39 is 0 Å². The molecule has 1 aliphatic heterocycles. The molecule has 5 heteroatoms. The first kappa shape index (κ1) is 15.3. The van der Waals surface area contributed by atoms with Crippen molar-refractivity contribution in [3.63, 3.8) is 0 Å². The van der Waals surface area contributed by atoms with E-state index >= 15 is 0 Å². The molecule has 1 aromatic carbocycles. The number of rotatable bonds is 3. The normalized spacial score (nSPS) is 14.9. The zero-order chi connectivity index (χ0) is 16.1. The number of aryl methyl sites for hydroxylation is 1. The van der Waals surface area contributed by atoms with E-state index in [9.17, 15) is 0 Å². The largest absolute Gasteiger partial charge is 0.356 e. The van der Waals surface area contributed by atoms with Crippen molar-refractivity contribution < 1.29 is 0 Å². The fourth-order valence-corrected chi connectivity index (χ4v) is 2.83. The summed E-state index contributed by atoms with van der Waals surface area (Å²) in [6, 6.07) is 11.5. The Bertz CT molecular complexity index is 694. The van der Waals surface area contributed by atoms with Crippen LogP contribution in [-0.4, -0.2) is 23.1 Å². The highest BCUT2D eigenvalue weighted by Crippen LogP contribution is 2.21. The highest BCUT2D eigenvalue weighted by atomic mass is 15.2. The van der Waals surface area contributed by atoms with Crippen molar-refractivity contribution in [3.8, 4) is 6.07 Å². The van der Waals surface area contributed by atoms with Crippen LogP contribution >= 0.6 is 0 Å². The average Bonchev–Trinajstić information content (AvgIpc) is 2.84. The van der Waals surface area contributed by atoms with E-state index in [0.29, 0.717) is 11.5 Å². The lowest BCUT2D eigenvalue weighted by Crippen LogP contribution is -2.25. The number of nitriles is 1. The van der Waals surface area contributed by atoms with Crippen LogP contribution in [0.4, 0.5) is 17.5 Å². The molecule has 0 aliphatic carbocycles. The van der Waals surface area contributed by atoms with Crippen LogP contribution in [0.3, 0.4) is 0 Å². The molecule has 1 N–H and O–H groups in total. The molecule has 0 unspecified atom stereocenters. The summed E-state index contributed by atoms with van der Waals surface area (Å²) in [7, 11) is 0. The standard InChI is InChI=1S/C18H21N5/c1-14-12-17(23-10-4-2-3-5-11-23)22-18(20-14)21-16-8-6-15(13-19)7-9-16/h6-9,12H,2-5,10-11H2,1H3,(H,20,21,22). The van der Waals surface area contributed by atoms with Crippen LogP contribution < -0.4 is 10.2 Å². The maximum atomic E-state index is 8.86. The summed E-state index contributed by atoms with van der Waals surface area (Å²) in [5.74, 6) is 1.60. The highest BCUT2D eigenvalue weighted by Gasteiger charge is 2.13. The van der Waals surface area contributed by atoms with E-state index in [-0.39, 0.29) is 0 Å². The maximum absolute atomic E-state index is 8.86. The van der Waals surface area contributed by atoms with Gasteiger partial charge in [-0.3, -0.25) is 0 Å². The maximum Gasteiger partial charge on any atom is 0.229 e. The van der Waals surface area contributed by atoms with Crippen molar-refractivity contribution >= 4 is 17.5 Å². The van der Waals surface area contributed by atoms with E-state index in [2.05, 4.69) is 32.3 Å². The molecule has 1 fully saturated rings. The molecule has 23 heavy (non-hydrogen) atoms. The monoisotopic (exact) mass is 307 g/mol. The lowest BCUT2D eigenvalue weighted by molar-refractivity contribution is 0.726. The Morgan fingerprint density at radius 1 is 1.04 bits per heavy atom. The number of benzene rings is 1. The minimum atomic E-state index is 0.606. The van der Waals surface area contributed by atoms with Crippen LogP contribution in [0.1, 0.15) is 36.9 Å². The number of hydrogen-bond donors (Lipinski definition) is 1. The third kappa shape index (κ3) is 3.98. The second kappa shape index (κ2) is 7.10. The molecule has 0 radical (unpaired) electrons. The first-order chi connectivity index (χ1) is 11.2. The van der Waals surface area contributed by atoms with Crippen LogP contribution in [0.2, 0.25) is 0 Å². The SMILES string of the molecule is Cc1cc(N2CCCCCC2)nc(Nc2ccc(C#N)cc2)n1. The molecular weight excluding hydrogens is 286 g/mol. The summed E-state index contributed by atoms with van der Waals surface area (Å²) >= 11 is 0. The van der Waals surface area contributed by atoms with Gasteiger partial charge in [-0.1, -0.05) is 12.8 Å². The van der Waals surface area contributed by atoms with Crippen molar-refractivity contribution in [2.24, 2.45) is 0 Å². The predicted octanol–water partition coefficient (Wildman–Crippen LogP) is 3.78. The predicted molar refractivity (Wildman–Crippen MR) is 91.9 cm³/mol. The smallest absolute Gasteiger partial charge is 0.229 e. The Hall–Kier alpha value is -2.61. The Morgan fingerprint density at radius 2 is 1.74 bits per heavy atom. The van der Waals surface area contributed by atoms with Crippen LogP contribution in [0.15, 0.2) is 30.3 Å². The fraction of sp³-hybridized carbons (Fsp3) is 0.389. The van der Waals surface area contributed by atoms with Crippen molar-refractivity contribution in [3.05, 3.63) is 41.6 Å². The van der Waals surface area contributed by atoms with E-state index in [1.54, 1.807) is 12.1 Å². The fourth-order valence-electron chi connectivity index (χ4n) is 2.83. The second-order valence-electron chi connectivity index (χ2n) is 5.91. The van der Waals surface area contributed by atoms with E-state index in [1.807, 2.05) is 19.1 Å². The summed E-state index contributed by atoms with van der Waals surface area (Å²) in [4.78, 5) is 11.5. The first-order valence-electron chi connectivity index (χ1n) is 8.12. The minimum Gasteiger partial charge on any atom is -0.356 e. The van der Waals surface area contributed by atoms with Gasteiger partial charge in [0.15, 0.2) is 0 Å². The molecule has 2 aromatic rings. The Balaban J connectivity index is 1.80. The minimum absolute atomic E-state index is 0.606. The Morgan fingerprint density at radius 3 is 2.39 bits per heavy atom. The van der Waals surface area contributed by atoms with Gasteiger partial charge < -0.3 is 10.2 Å². The highest BCUT2D eigenvalue weighted by molar-refractivity contribution is 5.57. The van der Waals surface area contributed by atoms with Crippen molar-refractivity contribution in [1.82, 2.24) is 9.97 Å². The van der Waals surface area contributed by atoms with Crippen LogP contribution in [0, 0.1) is 18.3 Å². The Kier molecular flexibility index (Phi) is 4.72. The lowest BCUT2D eigenvalue weighted by atomic mass is 10.2. The van der Waals surface area contributed by atoms with Gasteiger partial charge >= 0.3 is 0 Å². The molecule has 1 saturated heterocycles. The topological polar surface area (TPSA) is 64.8 Å². The van der Waals surface area contributed by atoms with Gasteiger partial charge in [0, 0.05) is 30.5 Å². The average molecular weight is 307 g/mol. The Labute approximate surface area is 137 Å². The number of aromatic nitrogens is 2. The van der Waals surface area contributed by atoms with Gasteiger partial charge in [0.05, 0.1) is 11.6 Å². The summed E-state index contributed by atoms with van der Waals surface area (Å²) in [5, 5.41) is 12.1. The van der Waals surface area contributed by atoms with E-state index in [0.717, 1.165) is 30.3 Å². The summed E-state index contributed by atoms with van der Waals surface area (Å²) < 4.78 is 0. The van der Waals surface area contributed by atoms with Gasteiger partial charge in [-0.2, -0.15) is 10.2 Å². The molecule has 1 aromatic heterocycles. The number of nitrogens with one attached hydrogen (secondary N) is 1. The van der Waals surface area contributed by atoms with Crippen molar-refractivity contribution in [2.45, 2.75) is 32.6 Å². The van der Waals surface area contributed by atoms with E-state index in [1.165, 1.54) is 25.7 Å². The number of hydrogen-bond acceptors (Lipinski definition) is 5.